The molecule has 34 heavy (non-hydrogen) atoms. The van der Waals surface area contributed by atoms with Crippen LogP contribution in [0, 0.1) is 5.92 Å². The fourth-order valence-corrected chi connectivity index (χ4v) is 3.84. The van der Waals surface area contributed by atoms with Crippen molar-refractivity contribution < 1.29 is 9.90 Å². The van der Waals surface area contributed by atoms with Crippen LogP contribution in [0.4, 0.5) is 0 Å². The number of hydrogen-bond donors (Lipinski definition) is 4. The van der Waals surface area contributed by atoms with Crippen LogP contribution in [0.25, 0.3) is 11.3 Å². The molecule has 1 aliphatic carbocycles. The average Bonchev–Trinajstić information content (AvgIpc) is 2.85. The van der Waals surface area contributed by atoms with Crippen LogP contribution < -0.4 is 16.9 Å². The van der Waals surface area contributed by atoms with Gasteiger partial charge in [0.25, 0.3) is 5.91 Å². The number of carbonyl (C=O) groups excluding carboxylic acids is 1. The standard InChI is InChI=1S/C27H37N5O2/c1-19(2)26(29)27(34)31-32(18-25(33)23(28)16-20-8-4-3-5-9-20)17-21-11-13-22(14-12-21)24-10-6-7-15-30-24/h3-4,6-8,10-15,19,23,25-26,33H,5,9,16-18,28-29H2,1-2H3,(H,31,34). The molecule has 1 amide bonds. The van der Waals surface area contributed by atoms with Crippen molar-refractivity contribution in [3.05, 3.63) is 78.0 Å². The van der Waals surface area contributed by atoms with Gasteiger partial charge in [0.1, 0.15) is 0 Å². The summed E-state index contributed by atoms with van der Waals surface area (Å²) >= 11 is 0. The number of aliphatic hydroxyl groups is 1. The number of hydrogen-bond acceptors (Lipinski definition) is 6. The van der Waals surface area contributed by atoms with Gasteiger partial charge >= 0.3 is 0 Å². The van der Waals surface area contributed by atoms with Gasteiger partial charge in [-0.15, -0.1) is 0 Å². The van der Waals surface area contributed by atoms with Gasteiger partial charge in [0, 0.05) is 30.9 Å². The SMILES string of the molecule is CC(C)C(N)C(=O)NN(Cc1ccc(-c2ccccn2)cc1)CC(O)C(N)CC1=CC=CCC1. The Balaban J connectivity index is 1.69. The van der Waals surface area contributed by atoms with Crippen LogP contribution in [-0.4, -0.2) is 45.7 Å². The number of amides is 1. The molecule has 6 N–H and O–H groups in total. The number of benzene rings is 1. The van der Waals surface area contributed by atoms with Crippen LogP contribution in [0.1, 0.15) is 38.7 Å². The number of pyridine rings is 1. The predicted octanol–water partition coefficient (Wildman–Crippen LogP) is 2.92. The summed E-state index contributed by atoms with van der Waals surface area (Å²) in [5.41, 5.74) is 19.4. The maximum atomic E-state index is 12.7. The number of allylic oxidation sites excluding steroid dienone is 3. The summed E-state index contributed by atoms with van der Waals surface area (Å²) in [5, 5.41) is 12.6. The van der Waals surface area contributed by atoms with Gasteiger partial charge in [-0.2, -0.15) is 0 Å². The zero-order chi connectivity index (χ0) is 24.5. The van der Waals surface area contributed by atoms with Gasteiger partial charge in [0.15, 0.2) is 0 Å². The summed E-state index contributed by atoms with van der Waals surface area (Å²) < 4.78 is 0. The third-order valence-corrected chi connectivity index (χ3v) is 6.08. The zero-order valence-corrected chi connectivity index (χ0v) is 20.1. The molecule has 1 aromatic carbocycles. The Morgan fingerprint density at radius 1 is 1.18 bits per heavy atom. The monoisotopic (exact) mass is 463 g/mol. The molecule has 7 heteroatoms. The number of nitrogens with two attached hydrogens (primary N) is 2. The minimum Gasteiger partial charge on any atom is -0.390 e. The molecule has 0 saturated heterocycles. The first-order chi connectivity index (χ1) is 16.3. The van der Waals surface area contributed by atoms with E-state index < -0.39 is 18.2 Å². The molecular formula is C27H37N5O2. The first-order valence-corrected chi connectivity index (χ1v) is 11.9. The Hall–Kier alpha value is -2.84. The highest BCUT2D eigenvalue weighted by molar-refractivity contribution is 5.81. The van der Waals surface area contributed by atoms with E-state index in [2.05, 4.69) is 22.6 Å². The molecule has 7 nitrogen and oxygen atoms in total. The summed E-state index contributed by atoms with van der Waals surface area (Å²) in [6.45, 7) is 4.42. The second-order valence-electron chi connectivity index (χ2n) is 9.27. The minimum absolute atomic E-state index is 0.00187. The van der Waals surface area contributed by atoms with E-state index in [1.807, 2.05) is 62.4 Å². The molecule has 2 aromatic rings. The molecule has 0 fully saturated rings. The normalized spacial score (nSPS) is 16.3. The van der Waals surface area contributed by atoms with Gasteiger partial charge in [0.05, 0.1) is 17.8 Å². The summed E-state index contributed by atoms with van der Waals surface area (Å²) in [6.07, 6.45) is 9.77. The van der Waals surface area contributed by atoms with Crippen molar-refractivity contribution in [3.63, 3.8) is 0 Å². The summed E-state index contributed by atoms with van der Waals surface area (Å²) in [6, 6.07) is 12.7. The molecule has 1 heterocycles. The lowest BCUT2D eigenvalue weighted by atomic mass is 9.95. The number of hydrazine groups is 1. The third kappa shape index (κ3) is 7.60. The molecule has 0 aliphatic heterocycles. The van der Waals surface area contributed by atoms with Crippen LogP contribution in [0.2, 0.25) is 0 Å². The number of aliphatic hydroxyl groups excluding tert-OH is 1. The number of rotatable bonds is 11. The number of aromatic nitrogens is 1. The smallest absolute Gasteiger partial charge is 0.251 e. The second-order valence-corrected chi connectivity index (χ2v) is 9.27. The Kier molecular flexibility index (Phi) is 9.53. The minimum atomic E-state index is -0.810. The Bertz CT molecular complexity index is 972. The third-order valence-electron chi connectivity index (χ3n) is 6.08. The van der Waals surface area contributed by atoms with E-state index in [4.69, 9.17) is 11.5 Å². The molecule has 3 atom stereocenters. The van der Waals surface area contributed by atoms with E-state index in [9.17, 15) is 9.90 Å². The van der Waals surface area contributed by atoms with Crippen LogP contribution in [-0.2, 0) is 11.3 Å². The van der Waals surface area contributed by atoms with E-state index in [1.165, 1.54) is 5.57 Å². The van der Waals surface area contributed by atoms with Gasteiger partial charge in [-0.25, -0.2) is 5.01 Å². The van der Waals surface area contributed by atoms with Gasteiger partial charge in [0.2, 0.25) is 0 Å². The highest BCUT2D eigenvalue weighted by Crippen LogP contribution is 2.19. The summed E-state index contributed by atoms with van der Waals surface area (Å²) in [4.78, 5) is 17.1. The summed E-state index contributed by atoms with van der Waals surface area (Å²) in [7, 11) is 0. The predicted molar refractivity (Wildman–Crippen MR) is 136 cm³/mol. The van der Waals surface area contributed by atoms with E-state index in [-0.39, 0.29) is 18.4 Å². The van der Waals surface area contributed by atoms with Crippen molar-refractivity contribution in [1.29, 1.82) is 0 Å². The first kappa shape index (κ1) is 25.8. The Labute approximate surface area is 202 Å². The highest BCUT2D eigenvalue weighted by atomic mass is 16.3. The second kappa shape index (κ2) is 12.6. The van der Waals surface area contributed by atoms with Gasteiger partial charge in [-0.3, -0.25) is 15.2 Å². The molecule has 0 spiro atoms. The lowest BCUT2D eigenvalue weighted by Gasteiger charge is -2.30. The number of carbonyl (C=O) groups is 1. The van der Waals surface area contributed by atoms with Gasteiger partial charge < -0.3 is 16.6 Å². The van der Waals surface area contributed by atoms with E-state index in [0.29, 0.717) is 13.0 Å². The Morgan fingerprint density at radius 2 is 1.94 bits per heavy atom. The largest absolute Gasteiger partial charge is 0.390 e. The number of nitrogens with one attached hydrogen (secondary N) is 1. The molecular weight excluding hydrogens is 426 g/mol. The maximum absolute atomic E-state index is 12.7. The number of nitrogens with zero attached hydrogens (tertiary/aromatic N) is 2. The Morgan fingerprint density at radius 3 is 2.56 bits per heavy atom. The quantitative estimate of drug-likeness (QED) is 0.381. The topological polar surface area (TPSA) is 118 Å². The highest BCUT2D eigenvalue weighted by Gasteiger charge is 2.24. The molecule has 0 bridgehead atoms. The van der Waals surface area contributed by atoms with Crippen molar-refractivity contribution in [3.8, 4) is 11.3 Å². The lowest BCUT2D eigenvalue weighted by molar-refractivity contribution is -0.129. The van der Waals surface area contributed by atoms with Gasteiger partial charge in [-0.1, -0.05) is 68.0 Å². The van der Waals surface area contributed by atoms with E-state index in [1.54, 1.807) is 11.2 Å². The van der Waals surface area contributed by atoms with Crippen molar-refractivity contribution in [2.24, 2.45) is 17.4 Å². The summed E-state index contributed by atoms with van der Waals surface area (Å²) in [5.74, 6) is -0.279. The first-order valence-electron chi connectivity index (χ1n) is 11.9. The molecule has 1 aromatic heterocycles. The maximum Gasteiger partial charge on any atom is 0.251 e. The fourth-order valence-electron chi connectivity index (χ4n) is 3.84. The van der Waals surface area contributed by atoms with Gasteiger partial charge in [-0.05, 0) is 42.9 Å². The molecule has 182 valence electrons. The van der Waals surface area contributed by atoms with Crippen molar-refractivity contribution in [2.45, 2.75) is 57.8 Å². The molecule has 3 unspecified atom stereocenters. The van der Waals surface area contributed by atoms with Crippen LogP contribution in [0.15, 0.2) is 72.5 Å². The molecule has 1 aliphatic rings. The van der Waals surface area contributed by atoms with Crippen LogP contribution in [0.3, 0.4) is 0 Å². The molecule has 3 rings (SSSR count). The van der Waals surface area contributed by atoms with Crippen LogP contribution in [0.5, 0.6) is 0 Å². The van der Waals surface area contributed by atoms with E-state index in [0.717, 1.165) is 29.7 Å². The van der Waals surface area contributed by atoms with Crippen LogP contribution >= 0.6 is 0 Å². The molecule has 0 saturated carbocycles. The van der Waals surface area contributed by atoms with Crippen molar-refractivity contribution in [1.82, 2.24) is 15.4 Å². The fraction of sp³-hybridized carbons (Fsp3) is 0.407. The average molecular weight is 464 g/mol. The molecule has 0 radical (unpaired) electrons. The lowest BCUT2D eigenvalue weighted by Crippen LogP contribution is -2.54. The zero-order valence-electron chi connectivity index (χ0n) is 20.1. The van der Waals surface area contributed by atoms with E-state index >= 15 is 0 Å². The van der Waals surface area contributed by atoms with Crippen molar-refractivity contribution in [2.75, 3.05) is 6.54 Å². The van der Waals surface area contributed by atoms with Crippen molar-refractivity contribution >= 4 is 5.91 Å².